The van der Waals surface area contributed by atoms with Crippen molar-refractivity contribution < 1.29 is 22.7 Å². The molecule has 0 aromatic carbocycles. The molecule has 0 saturated heterocycles. The van der Waals surface area contributed by atoms with Crippen LogP contribution in [0.4, 0.5) is 13.2 Å². The van der Waals surface area contributed by atoms with Crippen LogP contribution < -0.4 is 11.1 Å². The minimum atomic E-state index is -4.34. The van der Waals surface area contributed by atoms with Gasteiger partial charge in [0, 0.05) is 13.0 Å². The van der Waals surface area contributed by atoms with Crippen molar-refractivity contribution in [2.45, 2.75) is 38.8 Å². The van der Waals surface area contributed by atoms with Crippen LogP contribution in [0.3, 0.4) is 0 Å². The van der Waals surface area contributed by atoms with E-state index in [4.69, 9.17) is 5.73 Å². The maximum absolute atomic E-state index is 11.8. The Balaban J connectivity index is 3.67. The SMILES string of the molecule is CCCC(CCN)CNC(=O)CCOCC(F)(F)F. The summed E-state index contributed by atoms with van der Waals surface area (Å²) in [6.45, 7) is 1.60. The molecule has 1 unspecified atom stereocenters. The van der Waals surface area contributed by atoms with Gasteiger partial charge in [-0.05, 0) is 25.3 Å². The zero-order valence-corrected chi connectivity index (χ0v) is 11.3. The van der Waals surface area contributed by atoms with Gasteiger partial charge in [-0.2, -0.15) is 13.2 Å². The molecule has 1 atom stereocenters. The van der Waals surface area contributed by atoms with E-state index < -0.39 is 12.8 Å². The molecule has 4 nitrogen and oxygen atoms in total. The second kappa shape index (κ2) is 10.0. The predicted molar refractivity (Wildman–Crippen MR) is 66.6 cm³/mol. The molecule has 0 aliphatic rings. The first-order valence-electron chi connectivity index (χ1n) is 6.50. The van der Waals surface area contributed by atoms with Gasteiger partial charge in [-0.1, -0.05) is 13.3 Å². The number of hydrogen-bond acceptors (Lipinski definition) is 3. The maximum Gasteiger partial charge on any atom is 0.411 e. The van der Waals surface area contributed by atoms with Crippen LogP contribution in [0.2, 0.25) is 0 Å². The quantitative estimate of drug-likeness (QED) is 0.602. The number of carbonyl (C=O) groups excluding carboxylic acids is 1. The zero-order valence-electron chi connectivity index (χ0n) is 11.3. The fourth-order valence-electron chi connectivity index (χ4n) is 1.69. The summed E-state index contributed by atoms with van der Waals surface area (Å²) in [6, 6.07) is 0. The third-order valence-electron chi connectivity index (χ3n) is 2.60. The van der Waals surface area contributed by atoms with Gasteiger partial charge in [0.15, 0.2) is 0 Å². The van der Waals surface area contributed by atoms with Crippen LogP contribution >= 0.6 is 0 Å². The van der Waals surface area contributed by atoms with E-state index in [1.165, 1.54) is 0 Å². The van der Waals surface area contributed by atoms with Crippen molar-refractivity contribution in [2.75, 3.05) is 26.3 Å². The number of hydrogen-bond donors (Lipinski definition) is 2. The molecule has 0 aromatic rings. The lowest BCUT2D eigenvalue weighted by atomic mass is 10.00. The molecule has 0 rings (SSSR count). The van der Waals surface area contributed by atoms with Crippen molar-refractivity contribution in [1.82, 2.24) is 5.32 Å². The van der Waals surface area contributed by atoms with E-state index in [0.29, 0.717) is 19.0 Å². The van der Waals surface area contributed by atoms with Gasteiger partial charge in [-0.15, -0.1) is 0 Å². The molecule has 0 heterocycles. The Bertz CT molecular complexity index is 242. The second-order valence-corrected chi connectivity index (χ2v) is 4.45. The van der Waals surface area contributed by atoms with Crippen LogP contribution in [0.15, 0.2) is 0 Å². The molecule has 0 aromatic heterocycles. The molecule has 0 bridgehead atoms. The molecule has 19 heavy (non-hydrogen) atoms. The first kappa shape index (κ1) is 18.2. The number of halogens is 3. The van der Waals surface area contributed by atoms with Gasteiger partial charge >= 0.3 is 6.18 Å². The molecule has 0 aliphatic heterocycles. The van der Waals surface area contributed by atoms with Crippen molar-refractivity contribution in [2.24, 2.45) is 11.7 Å². The number of amides is 1. The minimum Gasteiger partial charge on any atom is -0.372 e. The van der Waals surface area contributed by atoms with Gasteiger partial charge < -0.3 is 15.8 Å². The van der Waals surface area contributed by atoms with Crippen LogP contribution in [0.5, 0.6) is 0 Å². The first-order valence-corrected chi connectivity index (χ1v) is 6.50. The average Bonchev–Trinajstić information content (AvgIpc) is 2.31. The summed E-state index contributed by atoms with van der Waals surface area (Å²) >= 11 is 0. The topological polar surface area (TPSA) is 64.3 Å². The summed E-state index contributed by atoms with van der Waals surface area (Å²) in [7, 11) is 0. The van der Waals surface area contributed by atoms with Crippen molar-refractivity contribution in [3.63, 3.8) is 0 Å². The van der Waals surface area contributed by atoms with Crippen LogP contribution in [0.1, 0.15) is 32.6 Å². The van der Waals surface area contributed by atoms with Gasteiger partial charge in [-0.3, -0.25) is 4.79 Å². The van der Waals surface area contributed by atoms with E-state index in [0.717, 1.165) is 19.3 Å². The van der Waals surface area contributed by atoms with E-state index in [1.54, 1.807) is 0 Å². The summed E-state index contributed by atoms with van der Waals surface area (Å²) in [6.07, 6.45) is -1.59. The van der Waals surface area contributed by atoms with E-state index in [9.17, 15) is 18.0 Å². The highest BCUT2D eigenvalue weighted by Gasteiger charge is 2.27. The number of alkyl halides is 3. The lowest BCUT2D eigenvalue weighted by Gasteiger charge is -2.16. The molecule has 0 aliphatic carbocycles. The normalized spacial score (nSPS) is 13.3. The molecular formula is C12H23F3N2O2. The smallest absolute Gasteiger partial charge is 0.372 e. The monoisotopic (exact) mass is 284 g/mol. The standard InChI is InChI=1S/C12H23F3N2O2/c1-2-3-10(4-6-16)8-17-11(18)5-7-19-9-12(13,14)15/h10H,2-9,16H2,1H3,(H,17,18). The molecule has 0 fully saturated rings. The Hall–Kier alpha value is -0.820. The highest BCUT2D eigenvalue weighted by molar-refractivity contribution is 5.75. The average molecular weight is 284 g/mol. The van der Waals surface area contributed by atoms with Crippen LogP contribution in [-0.2, 0) is 9.53 Å². The molecule has 1 amide bonds. The van der Waals surface area contributed by atoms with Gasteiger partial charge in [-0.25, -0.2) is 0 Å². The summed E-state index contributed by atoms with van der Waals surface area (Å²) < 4.78 is 39.7. The van der Waals surface area contributed by atoms with E-state index >= 15 is 0 Å². The Morgan fingerprint density at radius 3 is 2.58 bits per heavy atom. The number of ether oxygens (including phenoxy) is 1. The molecule has 0 radical (unpaired) electrons. The third kappa shape index (κ3) is 12.0. The van der Waals surface area contributed by atoms with Gasteiger partial charge in [0.2, 0.25) is 5.91 Å². The number of nitrogens with one attached hydrogen (secondary N) is 1. The molecule has 114 valence electrons. The maximum atomic E-state index is 11.8. The van der Waals surface area contributed by atoms with Crippen LogP contribution in [0, 0.1) is 5.92 Å². The molecule has 7 heteroatoms. The summed E-state index contributed by atoms with van der Waals surface area (Å²) in [5, 5.41) is 2.69. The molecular weight excluding hydrogens is 261 g/mol. The van der Waals surface area contributed by atoms with Crippen molar-refractivity contribution in [3.8, 4) is 0 Å². The summed E-state index contributed by atoms with van der Waals surface area (Å²) in [5.41, 5.74) is 5.47. The number of nitrogens with two attached hydrogens (primary N) is 1. The Morgan fingerprint density at radius 2 is 2.05 bits per heavy atom. The highest BCUT2D eigenvalue weighted by Crippen LogP contribution is 2.14. The van der Waals surface area contributed by atoms with E-state index in [2.05, 4.69) is 17.0 Å². The number of carbonyl (C=O) groups is 1. The fourth-order valence-corrected chi connectivity index (χ4v) is 1.69. The Labute approximate surface area is 111 Å². The lowest BCUT2D eigenvalue weighted by molar-refractivity contribution is -0.174. The number of rotatable bonds is 10. The van der Waals surface area contributed by atoms with Gasteiger partial charge in [0.1, 0.15) is 6.61 Å². The Kier molecular flexibility index (Phi) is 9.59. The zero-order chi connectivity index (χ0) is 14.7. The minimum absolute atomic E-state index is 0.0580. The third-order valence-corrected chi connectivity index (χ3v) is 2.60. The van der Waals surface area contributed by atoms with E-state index in [-0.39, 0.29) is 18.9 Å². The first-order chi connectivity index (χ1) is 8.89. The molecule has 0 spiro atoms. The van der Waals surface area contributed by atoms with Crippen molar-refractivity contribution in [1.29, 1.82) is 0 Å². The lowest BCUT2D eigenvalue weighted by Crippen LogP contribution is -2.31. The Morgan fingerprint density at radius 1 is 1.37 bits per heavy atom. The summed E-state index contributed by atoms with van der Waals surface area (Å²) in [5.74, 6) is 0.0374. The molecule has 0 saturated carbocycles. The van der Waals surface area contributed by atoms with Gasteiger partial charge in [0.05, 0.1) is 6.61 Å². The fraction of sp³-hybridized carbons (Fsp3) is 0.917. The second-order valence-electron chi connectivity index (χ2n) is 4.45. The van der Waals surface area contributed by atoms with Gasteiger partial charge in [0.25, 0.3) is 0 Å². The van der Waals surface area contributed by atoms with Crippen LogP contribution in [-0.4, -0.2) is 38.4 Å². The van der Waals surface area contributed by atoms with E-state index in [1.807, 2.05) is 0 Å². The molecule has 3 N–H and O–H groups in total. The highest BCUT2D eigenvalue weighted by atomic mass is 19.4. The largest absolute Gasteiger partial charge is 0.411 e. The van der Waals surface area contributed by atoms with Crippen LogP contribution in [0.25, 0.3) is 0 Å². The van der Waals surface area contributed by atoms with Crippen molar-refractivity contribution in [3.05, 3.63) is 0 Å². The van der Waals surface area contributed by atoms with Crippen molar-refractivity contribution >= 4 is 5.91 Å². The predicted octanol–water partition coefficient (Wildman–Crippen LogP) is 1.84. The summed E-state index contributed by atoms with van der Waals surface area (Å²) in [4.78, 5) is 11.4.